The molecule has 5 heteroatoms. The Morgan fingerprint density at radius 2 is 2.11 bits per heavy atom. The molecule has 18 heavy (non-hydrogen) atoms. The van der Waals surface area contributed by atoms with E-state index in [1.165, 1.54) is 0 Å². The number of piperazine rings is 1. The van der Waals surface area contributed by atoms with Crippen LogP contribution in [0, 0.1) is 11.3 Å². The van der Waals surface area contributed by atoms with Crippen molar-refractivity contribution < 1.29 is 4.79 Å². The number of hydrogen-bond acceptors (Lipinski definition) is 3. The molecule has 1 fully saturated rings. The summed E-state index contributed by atoms with van der Waals surface area (Å²) in [6.45, 7) is 4.38. The number of carbonyl (C=O) groups is 1. The van der Waals surface area contributed by atoms with Gasteiger partial charge in [0.05, 0.1) is 11.6 Å². The lowest BCUT2D eigenvalue weighted by atomic mass is 10.1. The van der Waals surface area contributed by atoms with Gasteiger partial charge in [0, 0.05) is 31.2 Å². The van der Waals surface area contributed by atoms with E-state index >= 15 is 0 Å². The molecule has 1 aliphatic heterocycles. The summed E-state index contributed by atoms with van der Waals surface area (Å²) in [6, 6.07) is 9.17. The Balaban J connectivity index is 0.00000162. The minimum absolute atomic E-state index is 0. The number of halogens is 1. The molecule has 2 rings (SSSR count). The van der Waals surface area contributed by atoms with Crippen LogP contribution in [0.4, 0.5) is 0 Å². The van der Waals surface area contributed by atoms with Gasteiger partial charge in [-0.3, -0.25) is 4.79 Å². The SMILES string of the molecule is C[C@@H]1CN(C(=O)c2ccc(C#N)cc2)CCN1.Cl. The minimum atomic E-state index is 0. The fourth-order valence-corrected chi connectivity index (χ4v) is 1.99. The summed E-state index contributed by atoms with van der Waals surface area (Å²) in [5.74, 6) is 0.0443. The van der Waals surface area contributed by atoms with Gasteiger partial charge in [-0.25, -0.2) is 0 Å². The topological polar surface area (TPSA) is 56.1 Å². The van der Waals surface area contributed by atoms with E-state index in [0.29, 0.717) is 17.2 Å². The van der Waals surface area contributed by atoms with Crippen molar-refractivity contribution in [3.8, 4) is 6.07 Å². The van der Waals surface area contributed by atoms with E-state index in [0.717, 1.165) is 19.6 Å². The molecule has 0 bridgehead atoms. The molecule has 1 N–H and O–H groups in total. The van der Waals surface area contributed by atoms with Gasteiger partial charge in [-0.1, -0.05) is 0 Å². The van der Waals surface area contributed by atoms with Crippen LogP contribution in [0.3, 0.4) is 0 Å². The summed E-state index contributed by atoms with van der Waals surface area (Å²) in [5, 5.41) is 12.0. The second-order valence-electron chi connectivity index (χ2n) is 4.30. The highest BCUT2D eigenvalue weighted by atomic mass is 35.5. The standard InChI is InChI=1S/C13H15N3O.ClH/c1-10-9-16(7-6-15-10)13(17)12-4-2-11(8-14)3-5-12;/h2-5,10,15H,6-7,9H2,1H3;1H/t10-;/m1./s1. The minimum Gasteiger partial charge on any atom is -0.336 e. The van der Waals surface area contributed by atoms with Crippen LogP contribution in [-0.4, -0.2) is 36.5 Å². The van der Waals surface area contributed by atoms with Gasteiger partial charge in [0.1, 0.15) is 0 Å². The van der Waals surface area contributed by atoms with E-state index in [1.54, 1.807) is 24.3 Å². The molecule has 0 saturated carbocycles. The molecular formula is C13H16ClN3O. The Kier molecular flexibility index (Phi) is 5.14. The van der Waals surface area contributed by atoms with Gasteiger partial charge in [-0.05, 0) is 31.2 Å². The number of hydrogen-bond donors (Lipinski definition) is 1. The van der Waals surface area contributed by atoms with Crippen LogP contribution in [0.5, 0.6) is 0 Å². The van der Waals surface area contributed by atoms with Crippen molar-refractivity contribution in [1.82, 2.24) is 10.2 Å². The molecule has 1 aromatic rings. The van der Waals surface area contributed by atoms with Gasteiger partial charge in [0.25, 0.3) is 5.91 Å². The first-order valence-corrected chi connectivity index (χ1v) is 5.73. The Bertz CT molecular complexity index is 452. The third-order valence-corrected chi connectivity index (χ3v) is 2.92. The Morgan fingerprint density at radius 1 is 1.44 bits per heavy atom. The molecule has 1 amide bonds. The molecule has 1 heterocycles. The molecule has 0 unspecified atom stereocenters. The van der Waals surface area contributed by atoms with Gasteiger partial charge in [-0.2, -0.15) is 5.26 Å². The van der Waals surface area contributed by atoms with Crippen LogP contribution < -0.4 is 5.32 Å². The van der Waals surface area contributed by atoms with E-state index in [4.69, 9.17) is 5.26 Å². The molecule has 1 atom stereocenters. The normalized spacial score (nSPS) is 18.7. The number of carbonyl (C=O) groups excluding carboxylic acids is 1. The third-order valence-electron chi connectivity index (χ3n) is 2.92. The quantitative estimate of drug-likeness (QED) is 0.835. The number of rotatable bonds is 1. The maximum Gasteiger partial charge on any atom is 0.253 e. The van der Waals surface area contributed by atoms with E-state index in [1.807, 2.05) is 11.0 Å². The summed E-state index contributed by atoms with van der Waals surface area (Å²) in [6.07, 6.45) is 0. The smallest absolute Gasteiger partial charge is 0.253 e. The predicted molar refractivity (Wildman–Crippen MR) is 71.8 cm³/mol. The van der Waals surface area contributed by atoms with Crippen molar-refractivity contribution in [2.75, 3.05) is 19.6 Å². The fourth-order valence-electron chi connectivity index (χ4n) is 1.99. The molecule has 1 saturated heterocycles. The summed E-state index contributed by atoms with van der Waals surface area (Å²) >= 11 is 0. The second kappa shape index (κ2) is 6.39. The lowest BCUT2D eigenvalue weighted by Crippen LogP contribution is -2.51. The lowest BCUT2D eigenvalue weighted by molar-refractivity contribution is 0.0709. The summed E-state index contributed by atoms with van der Waals surface area (Å²) < 4.78 is 0. The predicted octanol–water partition coefficient (Wildman–Crippen LogP) is 1.41. The highest BCUT2D eigenvalue weighted by Crippen LogP contribution is 2.09. The van der Waals surface area contributed by atoms with E-state index in [2.05, 4.69) is 12.2 Å². The number of nitriles is 1. The summed E-state index contributed by atoms with van der Waals surface area (Å²) in [4.78, 5) is 14.0. The highest BCUT2D eigenvalue weighted by molar-refractivity contribution is 5.94. The average Bonchev–Trinajstić information content (AvgIpc) is 2.38. The Hall–Kier alpha value is -1.57. The first-order valence-electron chi connectivity index (χ1n) is 5.73. The van der Waals surface area contributed by atoms with Gasteiger partial charge in [-0.15, -0.1) is 12.4 Å². The lowest BCUT2D eigenvalue weighted by Gasteiger charge is -2.31. The zero-order chi connectivity index (χ0) is 12.3. The molecule has 1 aromatic carbocycles. The maximum atomic E-state index is 12.2. The van der Waals surface area contributed by atoms with Gasteiger partial charge in [0.15, 0.2) is 0 Å². The average molecular weight is 266 g/mol. The van der Waals surface area contributed by atoms with Crippen molar-refractivity contribution in [2.24, 2.45) is 0 Å². The monoisotopic (exact) mass is 265 g/mol. The number of benzene rings is 1. The second-order valence-corrected chi connectivity index (χ2v) is 4.30. The highest BCUT2D eigenvalue weighted by Gasteiger charge is 2.21. The zero-order valence-electron chi connectivity index (χ0n) is 10.2. The van der Waals surface area contributed by atoms with Crippen molar-refractivity contribution in [1.29, 1.82) is 5.26 Å². The fraction of sp³-hybridized carbons (Fsp3) is 0.385. The molecule has 96 valence electrons. The number of nitrogens with one attached hydrogen (secondary N) is 1. The first kappa shape index (κ1) is 14.5. The third kappa shape index (κ3) is 3.22. The molecule has 4 nitrogen and oxygen atoms in total. The number of nitrogens with zero attached hydrogens (tertiary/aromatic N) is 2. The van der Waals surface area contributed by atoms with Gasteiger partial charge in [0.2, 0.25) is 0 Å². The van der Waals surface area contributed by atoms with Crippen molar-refractivity contribution in [3.05, 3.63) is 35.4 Å². The Labute approximate surface area is 113 Å². The molecule has 0 aromatic heterocycles. The maximum absolute atomic E-state index is 12.2. The van der Waals surface area contributed by atoms with Crippen molar-refractivity contribution in [2.45, 2.75) is 13.0 Å². The molecular weight excluding hydrogens is 250 g/mol. The van der Waals surface area contributed by atoms with Crippen LogP contribution in [0.25, 0.3) is 0 Å². The Morgan fingerprint density at radius 3 is 2.67 bits per heavy atom. The van der Waals surface area contributed by atoms with Crippen LogP contribution in [0.15, 0.2) is 24.3 Å². The molecule has 0 radical (unpaired) electrons. The summed E-state index contributed by atoms with van der Waals surface area (Å²) in [7, 11) is 0. The van der Waals surface area contributed by atoms with Gasteiger partial charge < -0.3 is 10.2 Å². The summed E-state index contributed by atoms with van der Waals surface area (Å²) in [5.41, 5.74) is 1.23. The van der Waals surface area contributed by atoms with Crippen LogP contribution in [-0.2, 0) is 0 Å². The van der Waals surface area contributed by atoms with Crippen molar-refractivity contribution in [3.63, 3.8) is 0 Å². The van der Waals surface area contributed by atoms with Crippen LogP contribution in [0.1, 0.15) is 22.8 Å². The molecule has 0 spiro atoms. The zero-order valence-corrected chi connectivity index (χ0v) is 11.0. The van der Waals surface area contributed by atoms with Crippen molar-refractivity contribution >= 4 is 18.3 Å². The largest absolute Gasteiger partial charge is 0.336 e. The number of amides is 1. The van der Waals surface area contributed by atoms with Gasteiger partial charge >= 0.3 is 0 Å². The van der Waals surface area contributed by atoms with Crippen LogP contribution >= 0.6 is 12.4 Å². The van der Waals surface area contributed by atoms with Crippen LogP contribution in [0.2, 0.25) is 0 Å². The molecule has 1 aliphatic rings. The first-order chi connectivity index (χ1) is 8.20. The van der Waals surface area contributed by atoms with E-state index in [-0.39, 0.29) is 18.3 Å². The molecule has 0 aliphatic carbocycles. The van der Waals surface area contributed by atoms with E-state index < -0.39 is 0 Å². The van der Waals surface area contributed by atoms with E-state index in [9.17, 15) is 4.79 Å².